The van der Waals surface area contributed by atoms with Crippen molar-refractivity contribution in [3.8, 4) is 0 Å². The molecule has 1 nitrogen and oxygen atoms in total. The predicted octanol–water partition coefficient (Wildman–Crippen LogP) is 4.27. The van der Waals surface area contributed by atoms with Gasteiger partial charge < -0.3 is 5.32 Å². The molecule has 0 aliphatic heterocycles. The molecule has 0 amide bonds. The molecule has 1 aromatic carbocycles. The van der Waals surface area contributed by atoms with Gasteiger partial charge in [0, 0.05) is 12.6 Å². The standard InChI is InChI=1S/C16H24FN/c1-2-16(14-6-4-3-5-7-14)18-12-13-8-10-15(17)11-9-13/h8-11,14,16,18H,2-7,12H2,1H3. The first kappa shape index (κ1) is 13.5. The highest BCUT2D eigenvalue weighted by Gasteiger charge is 2.21. The second-order valence-electron chi connectivity index (χ2n) is 5.42. The Morgan fingerprint density at radius 1 is 1.17 bits per heavy atom. The lowest BCUT2D eigenvalue weighted by Crippen LogP contribution is -2.36. The van der Waals surface area contributed by atoms with Gasteiger partial charge in [-0.05, 0) is 42.9 Å². The van der Waals surface area contributed by atoms with Crippen molar-refractivity contribution in [2.24, 2.45) is 5.92 Å². The van der Waals surface area contributed by atoms with Crippen molar-refractivity contribution >= 4 is 0 Å². The largest absolute Gasteiger partial charge is 0.310 e. The quantitative estimate of drug-likeness (QED) is 0.821. The third kappa shape index (κ3) is 3.81. The molecule has 1 saturated carbocycles. The molecule has 1 aliphatic carbocycles. The zero-order valence-electron chi connectivity index (χ0n) is 11.3. The Balaban J connectivity index is 1.84. The molecule has 1 unspecified atom stereocenters. The number of hydrogen-bond donors (Lipinski definition) is 1. The van der Waals surface area contributed by atoms with E-state index in [-0.39, 0.29) is 5.82 Å². The van der Waals surface area contributed by atoms with Gasteiger partial charge in [0.25, 0.3) is 0 Å². The highest BCUT2D eigenvalue weighted by Crippen LogP contribution is 2.27. The Bertz CT molecular complexity index is 341. The minimum atomic E-state index is -0.155. The summed E-state index contributed by atoms with van der Waals surface area (Å²) in [6.45, 7) is 3.12. The van der Waals surface area contributed by atoms with Gasteiger partial charge in [-0.15, -0.1) is 0 Å². The summed E-state index contributed by atoms with van der Waals surface area (Å²) >= 11 is 0. The van der Waals surface area contributed by atoms with Crippen LogP contribution in [0.3, 0.4) is 0 Å². The molecule has 0 spiro atoms. The molecule has 0 saturated heterocycles. The van der Waals surface area contributed by atoms with Crippen molar-refractivity contribution in [3.63, 3.8) is 0 Å². The van der Waals surface area contributed by atoms with Crippen LogP contribution >= 0.6 is 0 Å². The fourth-order valence-corrected chi connectivity index (χ4v) is 3.03. The van der Waals surface area contributed by atoms with Crippen molar-refractivity contribution < 1.29 is 4.39 Å². The van der Waals surface area contributed by atoms with Gasteiger partial charge >= 0.3 is 0 Å². The van der Waals surface area contributed by atoms with Crippen molar-refractivity contribution in [1.29, 1.82) is 0 Å². The fraction of sp³-hybridized carbons (Fsp3) is 0.625. The molecule has 2 rings (SSSR count). The maximum absolute atomic E-state index is 12.8. The maximum atomic E-state index is 12.8. The van der Waals surface area contributed by atoms with Crippen LogP contribution in [-0.2, 0) is 6.54 Å². The molecule has 0 bridgehead atoms. The summed E-state index contributed by atoms with van der Waals surface area (Å²) in [5, 5.41) is 3.65. The Morgan fingerprint density at radius 3 is 2.44 bits per heavy atom. The van der Waals surface area contributed by atoms with Crippen LogP contribution in [0.5, 0.6) is 0 Å². The van der Waals surface area contributed by atoms with Gasteiger partial charge in [-0.25, -0.2) is 4.39 Å². The van der Waals surface area contributed by atoms with Crippen LogP contribution in [0, 0.1) is 11.7 Å². The Hall–Kier alpha value is -0.890. The van der Waals surface area contributed by atoms with Crippen molar-refractivity contribution in [2.75, 3.05) is 0 Å². The lowest BCUT2D eigenvalue weighted by Gasteiger charge is -2.30. The molecule has 1 aliphatic rings. The zero-order chi connectivity index (χ0) is 12.8. The van der Waals surface area contributed by atoms with Crippen LogP contribution in [0.1, 0.15) is 51.0 Å². The second-order valence-corrected chi connectivity index (χ2v) is 5.42. The van der Waals surface area contributed by atoms with Crippen molar-refractivity contribution in [3.05, 3.63) is 35.6 Å². The van der Waals surface area contributed by atoms with Gasteiger partial charge in [0.15, 0.2) is 0 Å². The first-order valence-electron chi connectivity index (χ1n) is 7.27. The zero-order valence-corrected chi connectivity index (χ0v) is 11.3. The SMILES string of the molecule is CCC(NCc1ccc(F)cc1)C1CCCCC1. The van der Waals surface area contributed by atoms with E-state index < -0.39 is 0 Å². The molecule has 1 N–H and O–H groups in total. The van der Waals surface area contributed by atoms with Crippen LogP contribution in [0.25, 0.3) is 0 Å². The van der Waals surface area contributed by atoms with E-state index in [9.17, 15) is 4.39 Å². The predicted molar refractivity (Wildman–Crippen MR) is 73.9 cm³/mol. The highest BCUT2D eigenvalue weighted by atomic mass is 19.1. The molecule has 0 aromatic heterocycles. The van der Waals surface area contributed by atoms with Crippen LogP contribution in [-0.4, -0.2) is 6.04 Å². The van der Waals surface area contributed by atoms with E-state index in [0.29, 0.717) is 6.04 Å². The average molecular weight is 249 g/mol. The van der Waals surface area contributed by atoms with Gasteiger partial charge in [-0.1, -0.05) is 38.3 Å². The molecule has 18 heavy (non-hydrogen) atoms. The van der Waals surface area contributed by atoms with Crippen molar-refractivity contribution in [2.45, 2.75) is 58.0 Å². The van der Waals surface area contributed by atoms with E-state index in [0.717, 1.165) is 12.5 Å². The van der Waals surface area contributed by atoms with Crippen LogP contribution < -0.4 is 5.32 Å². The highest BCUT2D eigenvalue weighted by molar-refractivity contribution is 5.15. The Labute approximate surface area is 110 Å². The summed E-state index contributed by atoms with van der Waals surface area (Å²) in [5.74, 6) is 0.683. The fourth-order valence-electron chi connectivity index (χ4n) is 3.03. The number of halogens is 1. The molecule has 1 atom stereocenters. The third-order valence-corrected chi connectivity index (χ3v) is 4.14. The lowest BCUT2D eigenvalue weighted by atomic mass is 9.83. The molecule has 1 aromatic rings. The van der Waals surface area contributed by atoms with Gasteiger partial charge in [0.1, 0.15) is 5.82 Å². The normalized spacial score (nSPS) is 18.8. The van der Waals surface area contributed by atoms with Crippen LogP contribution in [0.2, 0.25) is 0 Å². The molecule has 0 radical (unpaired) electrons. The summed E-state index contributed by atoms with van der Waals surface area (Å²) < 4.78 is 12.8. The minimum absolute atomic E-state index is 0.155. The van der Waals surface area contributed by atoms with Crippen LogP contribution in [0.4, 0.5) is 4.39 Å². The summed E-state index contributed by atoms with van der Waals surface area (Å²) in [4.78, 5) is 0. The first-order chi connectivity index (χ1) is 8.79. The van der Waals surface area contributed by atoms with Crippen LogP contribution in [0.15, 0.2) is 24.3 Å². The van der Waals surface area contributed by atoms with E-state index >= 15 is 0 Å². The summed E-state index contributed by atoms with van der Waals surface area (Å²) in [5.41, 5.74) is 1.17. The molecule has 0 heterocycles. The second kappa shape index (κ2) is 6.89. The first-order valence-corrected chi connectivity index (χ1v) is 7.27. The summed E-state index contributed by atoms with van der Waals surface area (Å²) in [7, 11) is 0. The number of hydrogen-bond acceptors (Lipinski definition) is 1. The number of benzene rings is 1. The Morgan fingerprint density at radius 2 is 1.83 bits per heavy atom. The van der Waals surface area contributed by atoms with E-state index in [2.05, 4.69) is 12.2 Å². The van der Waals surface area contributed by atoms with Crippen molar-refractivity contribution in [1.82, 2.24) is 5.32 Å². The summed E-state index contributed by atoms with van der Waals surface area (Å²) in [6, 6.07) is 7.44. The van der Waals surface area contributed by atoms with Gasteiger partial charge in [-0.3, -0.25) is 0 Å². The average Bonchev–Trinajstić information content (AvgIpc) is 2.43. The van der Waals surface area contributed by atoms with E-state index in [4.69, 9.17) is 0 Å². The van der Waals surface area contributed by atoms with E-state index in [1.54, 1.807) is 12.1 Å². The minimum Gasteiger partial charge on any atom is -0.310 e. The topological polar surface area (TPSA) is 12.0 Å². The molecule has 2 heteroatoms. The molecule has 100 valence electrons. The smallest absolute Gasteiger partial charge is 0.123 e. The van der Waals surface area contributed by atoms with E-state index in [1.807, 2.05) is 12.1 Å². The van der Waals surface area contributed by atoms with Gasteiger partial charge in [0.2, 0.25) is 0 Å². The number of rotatable bonds is 5. The molecular weight excluding hydrogens is 225 g/mol. The number of nitrogens with one attached hydrogen (secondary N) is 1. The maximum Gasteiger partial charge on any atom is 0.123 e. The van der Waals surface area contributed by atoms with E-state index in [1.165, 1.54) is 44.1 Å². The lowest BCUT2D eigenvalue weighted by molar-refractivity contribution is 0.261. The third-order valence-electron chi connectivity index (χ3n) is 4.14. The molecule has 1 fully saturated rings. The van der Waals surface area contributed by atoms with Gasteiger partial charge in [0.05, 0.1) is 0 Å². The molecular formula is C16H24FN. The monoisotopic (exact) mass is 249 g/mol. The van der Waals surface area contributed by atoms with Gasteiger partial charge in [-0.2, -0.15) is 0 Å². The Kier molecular flexibility index (Phi) is 5.18. The summed E-state index contributed by atoms with van der Waals surface area (Å²) in [6.07, 6.45) is 8.11.